The quantitative estimate of drug-likeness (QED) is 0.673. The third kappa shape index (κ3) is 4.21. The molecule has 0 N–H and O–H groups in total. The highest BCUT2D eigenvalue weighted by Crippen LogP contribution is 2.15. The van der Waals surface area contributed by atoms with E-state index in [1.807, 2.05) is 60.7 Å². The zero-order chi connectivity index (χ0) is 21.0. The minimum absolute atomic E-state index is 0.0685. The van der Waals surface area contributed by atoms with Gasteiger partial charge in [-0.05, 0) is 47.2 Å². The van der Waals surface area contributed by atoms with Gasteiger partial charge < -0.3 is 0 Å². The van der Waals surface area contributed by atoms with E-state index in [1.54, 1.807) is 6.08 Å². The van der Waals surface area contributed by atoms with Crippen molar-refractivity contribution in [2.24, 2.45) is 0 Å². The summed E-state index contributed by atoms with van der Waals surface area (Å²) in [7, 11) is 0. The third-order valence-corrected chi connectivity index (χ3v) is 5.86. The highest BCUT2D eigenvalue weighted by molar-refractivity contribution is 7.07. The molecule has 3 aromatic rings. The van der Waals surface area contributed by atoms with Gasteiger partial charge in [0.1, 0.15) is 16.8 Å². The maximum Gasteiger partial charge on any atom is 0.273 e. The van der Waals surface area contributed by atoms with Crippen LogP contribution in [-0.4, -0.2) is 4.57 Å². The summed E-state index contributed by atoms with van der Waals surface area (Å²) < 4.78 is 2.30. The van der Waals surface area contributed by atoms with Gasteiger partial charge in [0, 0.05) is 0 Å². The second-order valence-electron chi connectivity index (χ2n) is 7.00. The van der Waals surface area contributed by atoms with Gasteiger partial charge in [0.25, 0.3) is 5.56 Å². The molecule has 29 heavy (non-hydrogen) atoms. The largest absolute Gasteiger partial charge is 0.273 e. The maximum absolute atomic E-state index is 13.2. The van der Waals surface area contributed by atoms with Crippen molar-refractivity contribution in [2.45, 2.75) is 33.1 Å². The Morgan fingerprint density at radius 3 is 2.21 bits per heavy atom. The number of rotatable bonds is 4. The lowest BCUT2D eigenvalue weighted by Crippen LogP contribution is -2.30. The number of thiazole rings is 1. The molecular weight excluding hydrogens is 378 g/mol. The van der Waals surface area contributed by atoms with Crippen LogP contribution in [0.5, 0.6) is 0 Å². The van der Waals surface area contributed by atoms with Crippen LogP contribution in [-0.2, 0) is 6.42 Å². The molecule has 0 fully saturated rings. The molecule has 3 rings (SSSR count). The SMILES string of the molecule is CCc1ccc(/C=c2\sc(=C(C#N)C#N)n(-c3ccc(C(C)C)cc3)c2=O)cc1. The van der Waals surface area contributed by atoms with Crippen LogP contribution < -0.4 is 14.8 Å². The van der Waals surface area contributed by atoms with Crippen LogP contribution in [0.25, 0.3) is 17.3 Å². The van der Waals surface area contributed by atoms with E-state index >= 15 is 0 Å². The van der Waals surface area contributed by atoms with Gasteiger partial charge in [-0.2, -0.15) is 10.5 Å². The molecule has 2 aromatic carbocycles. The second kappa shape index (κ2) is 8.73. The monoisotopic (exact) mass is 399 g/mol. The van der Waals surface area contributed by atoms with E-state index in [2.05, 4.69) is 20.8 Å². The van der Waals surface area contributed by atoms with Crippen LogP contribution in [0.4, 0.5) is 0 Å². The highest BCUT2D eigenvalue weighted by atomic mass is 32.1. The Labute approximate surface area is 173 Å². The van der Waals surface area contributed by atoms with Crippen molar-refractivity contribution >= 4 is 23.0 Å². The van der Waals surface area contributed by atoms with Gasteiger partial charge in [-0.1, -0.05) is 57.2 Å². The Hall–Kier alpha value is -3.41. The van der Waals surface area contributed by atoms with Gasteiger partial charge in [0.05, 0.1) is 10.2 Å². The normalized spacial score (nSPS) is 11.3. The summed E-state index contributed by atoms with van der Waals surface area (Å²) in [5.41, 5.74) is 3.64. The van der Waals surface area contributed by atoms with E-state index in [0.29, 0.717) is 20.8 Å². The summed E-state index contributed by atoms with van der Waals surface area (Å²) >= 11 is 1.17. The smallest absolute Gasteiger partial charge is 0.267 e. The first-order valence-corrected chi connectivity index (χ1v) is 10.3. The van der Waals surface area contributed by atoms with Crippen LogP contribution in [0.1, 0.15) is 43.4 Å². The Balaban J connectivity index is 2.27. The maximum atomic E-state index is 13.2. The molecule has 1 heterocycles. The molecule has 0 atom stereocenters. The van der Waals surface area contributed by atoms with Crippen LogP contribution in [0.2, 0.25) is 0 Å². The van der Waals surface area contributed by atoms with Crippen molar-refractivity contribution in [1.29, 1.82) is 10.5 Å². The van der Waals surface area contributed by atoms with Crippen molar-refractivity contribution in [2.75, 3.05) is 0 Å². The van der Waals surface area contributed by atoms with Crippen molar-refractivity contribution in [1.82, 2.24) is 4.57 Å². The van der Waals surface area contributed by atoms with Gasteiger partial charge >= 0.3 is 0 Å². The van der Waals surface area contributed by atoms with Crippen molar-refractivity contribution in [3.8, 4) is 17.8 Å². The van der Waals surface area contributed by atoms with E-state index in [-0.39, 0.29) is 11.1 Å². The number of nitrogens with zero attached hydrogens (tertiary/aromatic N) is 3. The van der Waals surface area contributed by atoms with Gasteiger partial charge in [0.15, 0.2) is 5.57 Å². The molecule has 4 nitrogen and oxygen atoms in total. The molecule has 0 saturated carbocycles. The number of hydrogen-bond acceptors (Lipinski definition) is 4. The molecule has 0 spiro atoms. The third-order valence-electron chi connectivity index (χ3n) is 4.76. The van der Waals surface area contributed by atoms with Crippen LogP contribution in [0.15, 0.2) is 53.3 Å². The fourth-order valence-corrected chi connectivity index (χ4v) is 4.07. The first-order chi connectivity index (χ1) is 14.0. The summed E-state index contributed by atoms with van der Waals surface area (Å²) in [6, 6.07) is 19.5. The minimum atomic E-state index is -0.232. The zero-order valence-corrected chi connectivity index (χ0v) is 17.5. The molecule has 1 aromatic heterocycles. The van der Waals surface area contributed by atoms with Crippen LogP contribution in [0.3, 0.4) is 0 Å². The average molecular weight is 400 g/mol. The lowest BCUT2D eigenvalue weighted by Gasteiger charge is -2.07. The van der Waals surface area contributed by atoms with E-state index < -0.39 is 0 Å². The molecule has 0 aliphatic heterocycles. The minimum Gasteiger partial charge on any atom is -0.267 e. The lowest BCUT2D eigenvalue weighted by atomic mass is 10.0. The fraction of sp³-hybridized carbons (Fsp3) is 0.208. The Bertz CT molecular complexity index is 1260. The molecule has 0 aliphatic rings. The van der Waals surface area contributed by atoms with Gasteiger partial charge in [-0.15, -0.1) is 11.3 Å². The first kappa shape index (κ1) is 20.3. The van der Waals surface area contributed by atoms with Gasteiger partial charge in [0.2, 0.25) is 0 Å². The summed E-state index contributed by atoms with van der Waals surface area (Å²) in [5.74, 6) is 0.373. The van der Waals surface area contributed by atoms with Gasteiger partial charge in [-0.25, -0.2) is 0 Å². The van der Waals surface area contributed by atoms with E-state index in [4.69, 9.17) is 0 Å². The van der Waals surface area contributed by atoms with E-state index in [0.717, 1.165) is 17.5 Å². The van der Waals surface area contributed by atoms with Gasteiger partial charge in [-0.3, -0.25) is 9.36 Å². The fourth-order valence-electron chi connectivity index (χ4n) is 3.01. The number of benzene rings is 2. The topological polar surface area (TPSA) is 69.6 Å². The predicted octanol–water partition coefficient (Wildman–Crippen LogP) is 3.61. The molecule has 5 heteroatoms. The highest BCUT2D eigenvalue weighted by Gasteiger charge is 2.11. The summed E-state index contributed by atoms with van der Waals surface area (Å²) in [6.07, 6.45) is 2.76. The summed E-state index contributed by atoms with van der Waals surface area (Å²) in [6.45, 7) is 6.30. The van der Waals surface area contributed by atoms with E-state index in [1.165, 1.54) is 21.5 Å². The predicted molar refractivity (Wildman–Crippen MR) is 117 cm³/mol. The van der Waals surface area contributed by atoms with Crippen molar-refractivity contribution < 1.29 is 0 Å². The Kier molecular flexibility index (Phi) is 6.12. The first-order valence-electron chi connectivity index (χ1n) is 9.45. The number of aromatic nitrogens is 1. The second-order valence-corrected chi connectivity index (χ2v) is 8.03. The van der Waals surface area contributed by atoms with Crippen LogP contribution >= 0.6 is 11.3 Å². The molecule has 0 bridgehead atoms. The summed E-state index contributed by atoms with van der Waals surface area (Å²) in [5, 5.41) is 18.8. The van der Waals surface area contributed by atoms with Crippen molar-refractivity contribution in [3.05, 3.63) is 84.8 Å². The molecular formula is C24H21N3OS. The molecule has 0 radical (unpaired) electrons. The zero-order valence-electron chi connectivity index (χ0n) is 16.6. The van der Waals surface area contributed by atoms with Crippen molar-refractivity contribution in [3.63, 3.8) is 0 Å². The number of aryl methyl sites for hydroxylation is 1. The number of hydrogen-bond donors (Lipinski definition) is 0. The molecule has 144 valence electrons. The standard InChI is InChI=1S/C24H21N3OS/c1-4-17-5-7-18(8-6-17)13-22-23(28)27(24(29-22)20(14-25)15-26)21-11-9-19(10-12-21)16(2)3/h5-13,16H,4H2,1-3H3/b22-13-. The molecule has 0 amide bonds. The Morgan fingerprint density at radius 2 is 1.69 bits per heavy atom. The Morgan fingerprint density at radius 1 is 1.07 bits per heavy atom. The molecule has 0 aliphatic carbocycles. The molecule has 0 unspecified atom stereocenters. The summed E-state index contributed by atoms with van der Waals surface area (Å²) in [4.78, 5) is 13.2. The van der Waals surface area contributed by atoms with Crippen LogP contribution in [0, 0.1) is 22.7 Å². The van der Waals surface area contributed by atoms with E-state index in [9.17, 15) is 15.3 Å². The lowest BCUT2D eigenvalue weighted by molar-refractivity contribution is 0.864. The number of nitriles is 2. The average Bonchev–Trinajstić information content (AvgIpc) is 3.05. The molecule has 0 saturated heterocycles.